The van der Waals surface area contributed by atoms with E-state index in [2.05, 4.69) is 5.32 Å². The van der Waals surface area contributed by atoms with Gasteiger partial charge in [-0.25, -0.2) is 4.79 Å². The fraction of sp³-hybridized carbons (Fsp3) is 0.250. The number of Topliss-reactive ketones (excluding diaryl/α,β-unsaturated/α-hetero) is 1. The van der Waals surface area contributed by atoms with Crippen LogP contribution in [0.3, 0.4) is 0 Å². The number of amides is 1. The fourth-order valence-electron chi connectivity index (χ4n) is 2.42. The maximum atomic E-state index is 12.4. The van der Waals surface area contributed by atoms with Crippen molar-refractivity contribution < 1.29 is 28.8 Å². The smallest absolute Gasteiger partial charge is 0.329 e. The van der Waals surface area contributed by atoms with Crippen LogP contribution < -0.4 is 10.1 Å². The Balaban J connectivity index is 1.96. The molecular weight excluding hydrogens is 380 g/mol. The van der Waals surface area contributed by atoms with Gasteiger partial charge in [0.25, 0.3) is 11.6 Å². The minimum Gasteiger partial charge on any atom is -0.497 e. The van der Waals surface area contributed by atoms with Gasteiger partial charge in [-0.3, -0.25) is 19.7 Å². The van der Waals surface area contributed by atoms with Gasteiger partial charge in [0.1, 0.15) is 11.8 Å². The molecule has 0 fully saturated rings. The third-order valence-electron chi connectivity index (χ3n) is 4.06. The summed E-state index contributed by atoms with van der Waals surface area (Å²) in [4.78, 5) is 47.0. The maximum absolute atomic E-state index is 12.4. The van der Waals surface area contributed by atoms with Gasteiger partial charge < -0.3 is 14.8 Å². The third kappa shape index (κ3) is 5.61. The van der Waals surface area contributed by atoms with Crippen molar-refractivity contribution >= 4 is 23.3 Å². The monoisotopic (exact) mass is 400 g/mol. The zero-order valence-electron chi connectivity index (χ0n) is 16.1. The SMILES string of the molecule is COc1ccc(C(=O)[C@H](C)OC(=O)[C@H](C)NC(=O)c2cccc([N+](=O)[O-])c2)cc1. The van der Waals surface area contributed by atoms with Crippen LogP contribution in [0.4, 0.5) is 5.69 Å². The number of nitro benzene ring substituents is 1. The lowest BCUT2D eigenvalue weighted by atomic mass is 10.1. The topological polar surface area (TPSA) is 125 Å². The molecule has 2 aromatic carbocycles. The van der Waals surface area contributed by atoms with Crippen LogP contribution in [0.1, 0.15) is 34.6 Å². The average Bonchev–Trinajstić information content (AvgIpc) is 2.73. The van der Waals surface area contributed by atoms with Gasteiger partial charge in [0, 0.05) is 23.3 Å². The predicted octanol–water partition coefficient (Wildman–Crippen LogP) is 2.54. The highest BCUT2D eigenvalue weighted by molar-refractivity contribution is 6.01. The Morgan fingerprint density at radius 1 is 1.03 bits per heavy atom. The summed E-state index contributed by atoms with van der Waals surface area (Å²) in [6, 6.07) is 10.4. The number of benzene rings is 2. The number of non-ortho nitro benzene ring substituents is 1. The van der Waals surface area contributed by atoms with Crippen LogP contribution in [-0.4, -0.2) is 41.8 Å². The molecule has 9 heteroatoms. The Morgan fingerprint density at radius 2 is 1.69 bits per heavy atom. The third-order valence-corrected chi connectivity index (χ3v) is 4.06. The molecule has 0 heterocycles. The molecule has 0 saturated heterocycles. The number of nitro groups is 1. The van der Waals surface area contributed by atoms with Crippen molar-refractivity contribution in [2.75, 3.05) is 7.11 Å². The second kappa shape index (κ2) is 9.45. The van der Waals surface area contributed by atoms with Crippen molar-refractivity contribution in [1.29, 1.82) is 0 Å². The lowest BCUT2D eigenvalue weighted by molar-refractivity contribution is -0.384. The van der Waals surface area contributed by atoms with Gasteiger partial charge in [-0.1, -0.05) is 6.07 Å². The molecule has 0 saturated carbocycles. The molecule has 9 nitrogen and oxygen atoms in total. The summed E-state index contributed by atoms with van der Waals surface area (Å²) < 4.78 is 10.2. The molecule has 0 radical (unpaired) electrons. The second-order valence-corrected chi connectivity index (χ2v) is 6.17. The molecule has 0 unspecified atom stereocenters. The molecule has 0 aliphatic carbocycles. The molecule has 0 aliphatic rings. The molecule has 1 amide bonds. The van der Waals surface area contributed by atoms with Crippen LogP contribution in [0.2, 0.25) is 0 Å². The molecule has 2 rings (SSSR count). The minimum atomic E-state index is -1.06. The summed E-state index contributed by atoms with van der Waals surface area (Å²) >= 11 is 0. The zero-order chi connectivity index (χ0) is 21.6. The first-order valence-corrected chi connectivity index (χ1v) is 8.67. The second-order valence-electron chi connectivity index (χ2n) is 6.17. The molecule has 29 heavy (non-hydrogen) atoms. The van der Waals surface area contributed by atoms with Crippen molar-refractivity contribution in [2.45, 2.75) is 26.0 Å². The predicted molar refractivity (Wildman–Crippen MR) is 103 cm³/mol. The van der Waals surface area contributed by atoms with Crippen LogP contribution in [0, 0.1) is 10.1 Å². The molecule has 2 aromatic rings. The standard InChI is InChI=1S/C20H20N2O7/c1-12(21-19(24)15-5-4-6-16(11-15)22(26)27)20(25)29-13(2)18(23)14-7-9-17(28-3)10-8-14/h4-13H,1-3H3,(H,21,24)/t12-,13-/m0/s1. The highest BCUT2D eigenvalue weighted by Crippen LogP contribution is 2.15. The summed E-state index contributed by atoms with van der Waals surface area (Å²) in [5, 5.41) is 13.2. The van der Waals surface area contributed by atoms with E-state index in [0.717, 1.165) is 6.07 Å². The molecule has 0 spiro atoms. The number of methoxy groups -OCH3 is 1. The lowest BCUT2D eigenvalue weighted by Crippen LogP contribution is -2.41. The van der Waals surface area contributed by atoms with E-state index in [-0.39, 0.29) is 11.3 Å². The quantitative estimate of drug-likeness (QED) is 0.312. The summed E-state index contributed by atoms with van der Waals surface area (Å²) in [6.45, 7) is 2.82. The van der Waals surface area contributed by atoms with E-state index in [1.54, 1.807) is 24.3 Å². The minimum absolute atomic E-state index is 0.0289. The van der Waals surface area contributed by atoms with E-state index in [9.17, 15) is 24.5 Å². The van der Waals surface area contributed by atoms with Gasteiger partial charge in [0.15, 0.2) is 6.10 Å². The fourth-order valence-corrected chi connectivity index (χ4v) is 2.42. The van der Waals surface area contributed by atoms with Crippen molar-refractivity contribution in [3.8, 4) is 5.75 Å². The van der Waals surface area contributed by atoms with Crippen molar-refractivity contribution in [3.63, 3.8) is 0 Å². The molecule has 0 bridgehead atoms. The van der Waals surface area contributed by atoms with Crippen molar-refractivity contribution in [3.05, 3.63) is 69.8 Å². The number of nitrogens with zero attached hydrogens (tertiary/aromatic N) is 1. The van der Waals surface area contributed by atoms with E-state index >= 15 is 0 Å². The molecule has 0 aromatic heterocycles. The summed E-state index contributed by atoms with van der Waals surface area (Å²) in [7, 11) is 1.50. The zero-order valence-corrected chi connectivity index (χ0v) is 16.1. The van der Waals surface area contributed by atoms with Gasteiger partial charge in [-0.15, -0.1) is 0 Å². The highest BCUT2D eigenvalue weighted by Gasteiger charge is 2.24. The number of carbonyl (C=O) groups is 3. The van der Waals surface area contributed by atoms with Gasteiger partial charge in [-0.05, 0) is 44.2 Å². The number of esters is 1. The largest absolute Gasteiger partial charge is 0.497 e. The van der Waals surface area contributed by atoms with Gasteiger partial charge in [0.2, 0.25) is 5.78 Å². The first-order valence-electron chi connectivity index (χ1n) is 8.67. The molecule has 2 atom stereocenters. The molecule has 0 aliphatic heterocycles. The van der Waals surface area contributed by atoms with Gasteiger partial charge in [0.05, 0.1) is 12.0 Å². The van der Waals surface area contributed by atoms with Crippen LogP contribution in [0.25, 0.3) is 0 Å². The number of hydrogen-bond acceptors (Lipinski definition) is 7. The van der Waals surface area contributed by atoms with E-state index in [1.807, 2.05) is 0 Å². The van der Waals surface area contributed by atoms with E-state index in [1.165, 1.54) is 39.2 Å². The summed E-state index contributed by atoms with van der Waals surface area (Å²) in [5.74, 6) is -1.30. The van der Waals surface area contributed by atoms with Crippen LogP contribution in [-0.2, 0) is 9.53 Å². The highest BCUT2D eigenvalue weighted by atomic mass is 16.6. The summed E-state index contributed by atoms with van der Waals surface area (Å²) in [6.07, 6.45) is -1.06. The normalized spacial score (nSPS) is 12.4. The average molecular weight is 400 g/mol. The Bertz CT molecular complexity index is 925. The van der Waals surface area contributed by atoms with Crippen LogP contribution in [0.15, 0.2) is 48.5 Å². The first-order chi connectivity index (χ1) is 13.7. The summed E-state index contributed by atoms with van der Waals surface area (Å²) in [5.41, 5.74) is 0.132. The van der Waals surface area contributed by atoms with Crippen LogP contribution in [0.5, 0.6) is 5.75 Å². The number of nitrogens with one attached hydrogen (secondary N) is 1. The Morgan fingerprint density at radius 3 is 2.28 bits per heavy atom. The lowest BCUT2D eigenvalue weighted by Gasteiger charge is -2.17. The van der Waals surface area contributed by atoms with Gasteiger partial charge >= 0.3 is 5.97 Å². The number of ketones is 1. The number of hydrogen-bond donors (Lipinski definition) is 1. The molecule has 152 valence electrons. The van der Waals surface area contributed by atoms with Crippen molar-refractivity contribution in [1.82, 2.24) is 5.32 Å². The Labute approximate surface area is 166 Å². The Kier molecular flexibility index (Phi) is 7.02. The number of rotatable bonds is 8. The Hall–Kier alpha value is -3.75. The maximum Gasteiger partial charge on any atom is 0.329 e. The molecular formula is C20H20N2O7. The molecule has 1 N–H and O–H groups in total. The van der Waals surface area contributed by atoms with E-state index in [4.69, 9.17) is 9.47 Å². The van der Waals surface area contributed by atoms with Gasteiger partial charge in [-0.2, -0.15) is 0 Å². The number of ether oxygens (including phenoxy) is 2. The van der Waals surface area contributed by atoms with E-state index < -0.39 is 34.7 Å². The van der Waals surface area contributed by atoms with E-state index in [0.29, 0.717) is 11.3 Å². The van der Waals surface area contributed by atoms with Crippen LogP contribution >= 0.6 is 0 Å². The van der Waals surface area contributed by atoms with Crippen molar-refractivity contribution in [2.24, 2.45) is 0 Å². The number of carbonyl (C=O) groups excluding carboxylic acids is 3. The first kappa shape index (κ1) is 21.5.